The topological polar surface area (TPSA) is 94.6 Å². The number of hydrogen-bond donors (Lipinski definition) is 3. The maximum Gasteiger partial charge on any atom is 0.310 e. The van der Waals surface area contributed by atoms with Gasteiger partial charge in [-0.25, -0.2) is 0 Å². The first-order valence-corrected chi connectivity index (χ1v) is 14.9. The van der Waals surface area contributed by atoms with Crippen LogP contribution in [-0.2, 0) is 9.59 Å². The number of aliphatic hydroxyl groups is 1. The van der Waals surface area contributed by atoms with Crippen LogP contribution in [0, 0.1) is 0 Å². The Labute approximate surface area is 231 Å². The van der Waals surface area contributed by atoms with Gasteiger partial charge in [-0.3, -0.25) is 19.5 Å². The molecule has 2 fully saturated rings. The molecule has 1 unspecified atom stereocenters. The summed E-state index contributed by atoms with van der Waals surface area (Å²) in [5.74, 6) is -1.52. The van der Waals surface area contributed by atoms with Crippen LogP contribution in [0.4, 0.5) is 25.1 Å². The maximum atomic E-state index is 13.9. The lowest BCUT2D eigenvalue weighted by Gasteiger charge is -2.41. The first kappa shape index (κ1) is 29.8. The molecule has 0 spiro atoms. The smallest absolute Gasteiger partial charge is 0.310 e. The van der Waals surface area contributed by atoms with Crippen LogP contribution in [0.25, 0.3) is 0 Å². The molecule has 7 nitrogen and oxygen atoms in total. The van der Waals surface area contributed by atoms with E-state index in [1.165, 1.54) is 24.5 Å². The maximum absolute atomic E-state index is 13.9. The summed E-state index contributed by atoms with van der Waals surface area (Å²) >= 11 is 12.3. The second-order valence-electron chi connectivity index (χ2n) is 9.80. The summed E-state index contributed by atoms with van der Waals surface area (Å²) in [4.78, 5) is 30.1. The minimum atomic E-state index is -10.2. The molecule has 3 atom stereocenters. The molecule has 2 amide bonds. The van der Waals surface area contributed by atoms with E-state index in [4.69, 9.17) is 23.2 Å². The molecule has 216 valence electrons. The van der Waals surface area contributed by atoms with E-state index in [9.17, 15) is 34.1 Å². The summed E-state index contributed by atoms with van der Waals surface area (Å²) in [5, 5.41) is 13.9. The lowest BCUT2D eigenvalue weighted by atomic mass is 9.94. The molecule has 39 heavy (non-hydrogen) atoms. The average molecular weight is 617 g/mol. The summed E-state index contributed by atoms with van der Waals surface area (Å²) < 4.78 is 68.0. The Morgan fingerprint density at radius 3 is 2.26 bits per heavy atom. The number of nitrogens with one attached hydrogen (secondary N) is 2. The van der Waals surface area contributed by atoms with Crippen LogP contribution in [0.2, 0.25) is 10.0 Å². The molecular formula is C24H27Cl2F5N4O3S. The molecule has 3 N–H and O–H groups in total. The van der Waals surface area contributed by atoms with Gasteiger partial charge in [0, 0.05) is 30.5 Å². The van der Waals surface area contributed by atoms with Gasteiger partial charge in [0.25, 0.3) is 0 Å². The van der Waals surface area contributed by atoms with Crippen molar-refractivity contribution in [3.05, 3.63) is 52.3 Å². The van der Waals surface area contributed by atoms with Crippen molar-refractivity contribution in [2.45, 2.75) is 67.6 Å². The highest BCUT2D eigenvalue weighted by Gasteiger charge is 2.65. The van der Waals surface area contributed by atoms with Crippen LogP contribution in [0.1, 0.15) is 50.1 Å². The number of pyridine rings is 1. The van der Waals surface area contributed by atoms with Crippen molar-refractivity contribution in [3.63, 3.8) is 0 Å². The van der Waals surface area contributed by atoms with E-state index in [0.29, 0.717) is 12.8 Å². The van der Waals surface area contributed by atoms with Crippen LogP contribution < -0.4 is 15.5 Å². The van der Waals surface area contributed by atoms with Gasteiger partial charge < -0.3 is 15.7 Å². The van der Waals surface area contributed by atoms with Gasteiger partial charge >= 0.3 is 10.2 Å². The Morgan fingerprint density at radius 1 is 1.10 bits per heavy atom. The Kier molecular flexibility index (Phi) is 7.89. The molecule has 1 saturated heterocycles. The Morgan fingerprint density at radius 2 is 1.74 bits per heavy atom. The summed E-state index contributed by atoms with van der Waals surface area (Å²) in [6.45, 7) is 0.0424. The minimum Gasteiger partial charge on any atom is -0.392 e. The molecule has 1 aliphatic carbocycles. The van der Waals surface area contributed by atoms with Gasteiger partial charge in [0.15, 0.2) is 0 Å². The highest BCUT2D eigenvalue weighted by atomic mass is 35.5. The normalized spacial score (nSPS) is 23.0. The highest BCUT2D eigenvalue weighted by Crippen LogP contribution is 3.02. The van der Waals surface area contributed by atoms with Crippen LogP contribution in [0.15, 0.2) is 41.6 Å². The Bertz CT molecular complexity index is 1230. The lowest BCUT2D eigenvalue weighted by molar-refractivity contribution is -0.128. The Balaban J connectivity index is 1.87. The molecular weight excluding hydrogens is 590 g/mol. The number of aliphatic hydroxyl groups excluding tert-OH is 1. The molecule has 0 bridgehead atoms. The number of benzene rings is 1. The molecule has 1 aromatic carbocycles. The monoisotopic (exact) mass is 616 g/mol. The molecule has 4 rings (SSSR count). The van der Waals surface area contributed by atoms with Crippen LogP contribution in [-0.4, -0.2) is 46.6 Å². The van der Waals surface area contributed by atoms with Crippen molar-refractivity contribution in [1.29, 1.82) is 0 Å². The molecule has 0 radical (unpaired) electrons. The van der Waals surface area contributed by atoms with Gasteiger partial charge in [0.05, 0.1) is 27.9 Å². The third kappa shape index (κ3) is 6.94. The van der Waals surface area contributed by atoms with Crippen molar-refractivity contribution in [1.82, 2.24) is 15.6 Å². The number of halogens is 7. The van der Waals surface area contributed by atoms with Gasteiger partial charge in [0.1, 0.15) is 10.9 Å². The first-order valence-electron chi connectivity index (χ1n) is 12.2. The third-order valence-corrected chi connectivity index (χ3v) is 8.48. The number of amides is 2. The molecule has 2 heterocycles. The number of carbonyl (C=O) groups excluding carboxylic acids is 2. The van der Waals surface area contributed by atoms with E-state index in [0.717, 1.165) is 24.2 Å². The fourth-order valence-corrected chi connectivity index (χ4v) is 6.40. The Hall–Kier alpha value is -2.19. The minimum absolute atomic E-state index is 0.000865. The van der Waals surface area contributed by atoms with Crippen molar-refractivity contribution >= 4 is 50.9 Å². The fourth-order valence-electron chi connectivity index (χ4n) is 4.92. The summed E-state index contributed by atoms with van der Waals surface area (Å²) in [6.07, 6.45) is 5.88. The number of β-amino-alcohol motifs (C(OH)–C–C–N with tert-alkyl or cyclic N) is 1. The van der Waals surface area contributed by atoms with Gasteiger partial charge in [-0.1, -0.05) is 68.0 Å². The van der Waals surface area contributed by atoms with Gasteiger partial charge in [-0.15, -0.1) is 0 Å². The van der Waals surface area contributed by atoms with Crippen molar-refractivity contribution in [3.8, 4) is 0 Å². The molecule has 1 aromatic heterocycles. The fraction of sp³-hybridized carbons (Fsp3) is 0.458. The largest absolute Gasteiger partial charge is 0.392 e. The molecule has 2 aliphatic rings. The number of nitrogens with zero attached hydrogens (tertiary/aromatic N) is 2. The highest BCUT2D eigenvalue weighted by molar-refractivity contribution is 8.45. The number of aromatic nitrogens is 1. The molecule has 1 aliphatic heterocycles. The van der Waals surface area contributed by atoms with E-state index in [2.05, 4.69) is 15.6 Å². The molecule has 1 saturated carbocycles. The average Bonchev–Trinajstić information content (AvgIpc) is 3.28. The standard InChI is InChI=1S/C24H27Cl2F5N4O3S/c25-18-10-17(39(27,28,29,30)31)11-19(26)22(18)35(24(38)20-9-16(36)13-33-20)21(14-5-4-8-32-12-14)23(37)34-15-6-2-1-3-7-15/h4-5,8,10-12,15-16,20-21,33,36H,1-3,6-7,9,13H2,(H,34,37)/t16-,20-,21?/m1/s1. The predicted molar refractivity (Wildman–Crippen MR) is 140 cm³/mol. The third-order valence-electron chi connectivity index (χ3n) is 6.78. The number of carbonyl (C=O) groups is 2. The number of hydrogen-bond acceptors (Lipinski definition) is 5. The zero-order valence-electron chi connectivity index (χ0n) is 20.4. The number of rotatable bonds is 7. The van der Waals surface area contributed by atoms with E-state index < -0.39 is 60.9 Å². The second-order valence-corrected chi connectivity index (χ2v) is 13.0. The van der Waals surface area contributed by atoms with Crippen LogP contribution in [0.3, 0.4) is 0 Å². The summed E-state index contributed by atoms with van der Waals surface area (Å²) in [5.41, 5.74) is -0.369. The quantitative estimate of drug-likeness (QED) is 0.318. The molecule has 15 heteroatoms. The zero-order valence-corrected chi connectivity index (χ0v) is 22.8. The van der Waals surface area contributed by atoms with Crippen molar-refractivity contribution in [2.75, 3.05) is 11.4 Å². The second kappa shape index (κ2) is 10.3. The summed E-state index contributed by atoms with van der Waals surface area (Å²) in [7, 11) is -10.2. The lowest BCUT2D eigenvalue weighted by Crippen LogP contribution is -2.51. The predicted octanol–water partition coefficient (Wildman–Crippen LogP) is 6.29. The van der Waals surface area contributed by atoms with E-state index >= 15 is 0 Å². The van der Waals surface area contributed by atoms with E-state index in [1.807, 2.05) is 0 Å². The van der Waals surface area contributed by atoms with E-state index in [-0.39, 0.29) is 36.7 Å². The van der Waals surface area contributed by atoms with Gasteiger partial charge in [-0.2, -0.15) is 0 Å². The first-order chi connectivity index (χ1) is 18.0. The van der Waals surface area contributed by atoms with Crippen molar-refractivity contribution < 1.29 is 34.1 Å². The van der Waals surface area contributed by atoms with Crippen LogP contribution in [0.5, 0.6) is 0 Å². The van der Waals surface area contributed by atoms with Gasteiger partial charge in [-0.05, 0) is 37.5 Å². The summed E-state index contributed by atoms with van der Waals surface area (Å²) in [6, 6.07) is 0.187. The molecule has 2 aromatic rings. The number of anilines is 1. The van der Waals surface area contributed by atoms with Gasteiger partial charge in [0.2, 0.25) is 11.8 Å². The zero-order chi connectivity index (χ0) is 28.7. The van der Waals surface area contributed by atoms with Crippen LogP contribution >= 0.6 is 33.4 Å². The van der Waals surface area contributed by atoms with Crippen molar-refractivity contribution in [2.24, 2.45) is 0 Å². The van der Waals surface area contributed by atoms with E-state index in [1.54, 1.807) is 0 Å². The SMILES string of the molecule is O=C(NC1CCCCC1)C(c1cccnc1)N(C(=O)[C@H]1C[C@@H](O)CN1)c1c(Cl)cc(S(F)(F)(F)(F)F)cc1Cl.